The van der Waals surface area contributed by atoms with Crippen LogP contribution in [0.4, 0.5) is 0 Å². The lowest BCUT2D eigenvalue weighted by molar-refractivity contribution is 0.111. The zero-order chi connectivity index (χ0) is 13.1. The second kappa shape index (κ2) is 5.08. The zero-order valence-electron chi connectivity index (χ0n) is 10.9. The van der Waals surface area contributed by atoms with Gasteiger partial charge in [0.05, 0.1) is 0 Å². The fourth-order valence-corrected chi connectivity index (χ4v) is 2.15. The van der Waals surface area contributed by atoms with E-state index in [0.29, 0.717) is 17.9 Å². The van der Waals surface area contributed by atoms with E-state index < -0.39 is 0 Å². The van der Waals surface area contributed by atoms with Gasteiger partial charge in [-0.25, -0.2) is 9.97 Å². The van der Waals surface area contributed by atoms with Crippen molar-refractivity contribution < 1.29 is 4.79 Å². The molecule has 92 valence electrons. The van der Waals surface area contributed by atoms with Crippen molar-refractivity contribution in [2.24, 2.45) is 0 Å². The molecule has 0 amide bonds. The van der Waals surface area contributed by atoms with Gasteiger partial charge >= 0.3 is 0 Å². The molecule has 0 aliphatic carbocycles. The van der Waals surface area contributed by atoms with Gasteiger partial charge in [-0.05, 0) is 32.4 Å². The van der Waals surface area contributed by atoms with Crippen molar-refractivity contribution >= 4 is 6.29 Å². The Labute approximate surface area is 107 Å². The number of aromatic nitrogens is 2. The van der Waals surface area contributed by atoms with Crippen LogP contribution in [0, 0.1) is 20.8 Å². The number of benzene rings is 1. The highest BCUT2D eigenvalue weighted by Crippen LogP contribution is 2.12. The number of carbonyl (C=O) groups is 1. The zero-order valence-corrected chi connectivity index (χ0v) is 10.9. The summed E-state index contributed by atoms with van der Waals surface area (Å²) in [5.74, 6) is 0.696. The Morgan fingerprint density at radius 3 is 2.28 bits per heavy atom. The summed E-state index contributed by atoms with van der Waals surface area (Å²) in [7, 11) is 0. The van der Waals surface area contributed by atoms with Gasteiger partial charge in [0.2, 0.25) is 0 Å². The molecule has 18 heavy (non-hydrogen) atoms. The highest BCUT2D eigenvalue weighted by Gasteiger charge is 2.04. The first-order chi connectivity index (χ1) is 8.56. The number of aldehydes is 1. The van der Waals surface area contributed by atoms with Gasteiger partial charge in [-0.2, -0.15) is 0 Å². The van der Waals surface area contributed by atoms with Crippen molar-refractivity contribution in [3.63, 3.8) is 0 Å². The Balaban J connectivity index is 2.33. The summed E-state index contributed by atoms with van der Waals surface area (Å²) >= 11 is 0. The van der Waals surface area contributed by atoms with E-state index in [2.05, 4.69) is 42.0 Å². The van der Waals surface area contributed by atoms with E-state index in [1.165, 1.54) is 16.7 Å². The average molecular weight is 240 g/mol. The molecule has 3 heteroatoms. The number of hydrogen-bond acceptors (Lipinski definition) is 3. The smallest absolute Gasteiger partial charge is 0.168 e. The first kappa shape index (κ1) is 12.4. The van der Waals surface area contributed by atoms with E-state index >= 15 is 0 Å². The third-order valence-electron chi connectivity index (χ3n) is 2.68. The molecular formula is C15H16N2O. The van der Waals surface area contributed by atoms with Gasteiger partial charge < -0.3 is 0 Å². The quantitative estimate of drug-likeness (QED) is 0.775. The molecular weight excluding hydrogens is 224 g/mol. The normalized spacial score (nSPS) is 10.4. The van der Waals surface area contributed by atoms with Crippen LogP contribution in [0.15, 0.2) is 24.3 Å². The second-order valence-corrected chi connectivity index (χ2v) is 4.64. The van der Waals surface area contributed by atoms with Crippen LogP contribution in [0.2, 0.25) is 0 Å². The first-order valence-corrected chi connectivity index (χ1v) is 5.94. The highest BCUT2D eigenvalue weighted by molar-refractivity contribution is 5.71. The van der Waals surface area contributed by atoms with Crippen LogP contribution in [-0.4, -0.2) is 16.3 Å². The van der Waals surface area contributed by atoms with Gasteiger partial charge in [0.15, 0.2) is 6.29 Å². The summed E-state index contributed by atoms with van der Waals surface area (Å²) in [5.41, 5.74) is 4.91. The van der Waals surface area contributed by atoms with E-state index in [0.717, 1.165) is 12.0 Å². The van der Waals surface area contributed by atoms with Gasteiger partial charge in [0.25, 0.3) is 0 Å². The largest absolute Gasteiger partial charge is 0.296 e. The van der Waals surface area contributed by atoms with Crippen molar-refractivity contribution in [1.29, 1.82) is 0 Å². The molecule has 0 unspecified atom stereocenters. The van der Waals surface area contributed by atoms with Crippen LogP contribution in [0.3, 0.4) is 0 Å². The van der Waals surface area contributed by atoms with E-state index in [1.54, 1.807) is 6.07 Å². The summed E-state index contributed by atoms with van der Waals surface area (Å²) < 4.78 is 0. The third-order valence-corrected chi connectivity index (χ3v) is 2.68. The number of nitrogens with zero attached hydrogens (tertiary/aromatic N) is 2. The molecule has 0 fully saturated rings. The van der Waals surface area contributed by atoms with Gasteiger partial charge in [0, 0.05) is 12.1 Å². The molecule has 2 rings (SSSR count). The predicted octanol–water partition coefficient (Wildman–Crippen LogP) is 2.81. The molecule has 0 radical (unpaired) electrons. The molecule has 0 atom stereocenters. The van der Waals surface area contributed by atoms with Crippen LogP contribution < -0.4 is 0 Å². The number of aryl methyl sites for hydroxylation is 3. The minimum Gasteiger partial charge on any atom is -0.296 e. The first-order valence-electron chi connectivity index (χ1n) is 5.94. The molecule has 0 aliphatic rings. The Bertz CT molecular complexity index is 571. The van der Waals surface area contributed by atoms with Gasteiger partial charge in [-0.15, -0.1) is 0 Å². The summed E-state index contributed by atoms with van der Waals surface area (Å²) in [6, 6.07) is 8.08. The third kappa shape index (κ3) is 3.00. The van der Waals surface area contributed by atoms with Crippen molar-refractivity contribution in [2.45, 2.75) is 27.2 Å². The molecule has 0 saturated carbocycles. The fraction of sp³-hybridized carbons (Fsp3) is 0.267. The maximum Gasteiger partial charge on any atom is 0.168 e. The molecule has 1 aromatic carbocycles. The van der Waals surface area contributed by atoms with Gasteiger partial charge in [-0.3, -0.25) is 4.79 Å². The van der Waals surface area contributed by atoms with Crippen LogP contribution in [-0.2, 0) is 6.42 Å². The van der Waals surface area contributed by atoms with Crippen LogP contribution in [0.5, 0.6) is 0 Å². The van der Waals surface area contributed by atoms with E-state index in [1.807, 2.05) is 6.92 Å². The van der Waals surface area contributed by atoms with Crippen LogP contribution >= 0.6 is 0 Å². The second-order valence-electron chi connectivity index (χ2n) is 4.64. The van der Waals surface area contributed by atoms with E-state index in [4.69, 9.17) is 0 Å². The maximum absolute atomic E-state index is 10.8. The maximum atomic E-state index is 10.8. The number of rotatable bonds is 3. The molecule has 1 aromatic heterocycles. The lowest BCUT2D eigenvalue weighted by Crippen LogP contribution is -2.02. The van der Waals surface area contributed by atoms with E-state index in [-0.39, 0.29) is 0 Å². The van der Waals surface area contributed by atoms with Gasteiger partial charge in [-0.1, -0.05) is 29.3 Å². The summed E-state index contributed by atoms with van der Waals surface area (Å²) in [6.07, 6.45) is 1.42. The Morgan fingerprint density at radius 1 is 1.00 bits per heavy atom. The average Bonchev–Trinajstić information content (AvgIpc) is 2.26. The topological polar surface area (TPSA) is 42.9 Å². The Hall–Kier alpha value is -2.03. The molecule has 0 saturated heterocycles. The van der Waals surface area contributed by atoms with Crippen molar-refractivity contribution in [3.05, 3.63) is 58.2 Å². The molecule has 0 N–H and O–H groups in total. The molecule has 0 bridgehead atoms. The summed E-state index contributed by atoms with van der Waals surface area (Å²) in [5, 5.41) is 0. The standard InChI is InChI=1S/C15H16N2O/c1-10-4-11(2)6-13(5-10)8-15-16-12(3)7-14(9-18)17-15/h4-7,9H,8H2,1-3H3. The number of carbonyl (C=O) groups excluding carboxylic acids is 1. The molecule has 2 aromatic rings. The van der Waals surface area contributed by atoms with Crippen molar-refractivity contribution in [2.75, 3.05) is 0 Å². The van der Waals surface area contributed by atoms with E-state index in [9.17, 15) is 4.79 Å². The van der Waals surface area contributed by atoms with Crippen LogP contribution in [0.1, 0.15) is 38.7 Å². The SMILES string of the molecule is Cc1cc(C)cc(Cc2nc(C)cc(C=O)n2)c1. The van der Waals surface area contributed by atoms with Crippen molar-refractivity contribution in [3.8, 4) is 0 Å². The molecule has 3 nitrogen and oxygen atoms in total. The van der Waals surface area contributed by atoms with Crippen LogP contribution in [0.25, 0.3) is 0 Å². The summed E-state index contributed by atoms with van der Waals surface area (Å²) in [6.45, 7) is 6.02. The fourth-order valence-electron chi connectivity index (χ4n) is 2.15. The Kier molecular flexibility index (Phi) is 3.51. The Morgan fingerprint density at radius 2 is 1.67 bits per heavy atom. The minimum atomic E-state index is 0.446. The monoisotopic (exact) mass is 240 g/mol. The molecule has 1 heterocycles. The summed E-state index contributed by atoms with van der Waals surface area (Å²) in [4.78, 5) is 19.4. The molecule has 0 spiro atoms. The highest BCUT2D eigenvalue weighted by atomic mass is 16.1. The number of hydrogen-bond donors (Lipinski definition) is 0. The molecule has 0 aliphatic heterocycles. The minimum absolute atomic E-state index is 0.446. The van der Waals surface area contributed by atoms with Gasteiger partial charge in [0.1, 0.15) is 11.5 Å². The lowest BCUT2D eigenvalue weighted by Gasteiger charge is -2.05. The lowest BCUT2D eigenvalue weighted by atomic mass is 10.0. The predicted molar refractivity (Wildman–Crippen MR) is 70.9 cm³/mol. The van der Waals surface area contributed by atoms with Crippen molar-refractivity contribution in [1.82, 2.24) is 9.97 Å².